The van der Waals surface area contributed by atoms with E-state index in [1.165, 1.54) is 24.6 Å². The van der Waals surface area contributed by atoms with Gasteiger partial charge in [-0.3, -0.25) is 4.79 Å². The highest BCUT2D eigenvalue weighted by Crippen LogP contribution is 2.33. The summed E-state index contributed by atoms with van der Waals surface area (Å²) in [4.78, 5) is 18.9. The molecule has 0 saturated carbocycles. The summed E-state index contributed by atoms with van der Waals surface area (Å²) in [6.07, 6.45) is 1.67. The van der Waals surface area contributed by atoms with Crippen molar-refractivity contribution in [2.75, 3.05) is 24.5 Å². The Labute approximate surface area is 223 Å². The highest BCUT2D eigenvalue weighted by Gasteiger charge is 2.31. The number of aliphatic hydroxyl groups excluding tert-OH is 1. The van der Waals surface area contributed by atoms with E-state index in [9.17, 15) is 18.7 Å². The van der Waals surface area contributed by atoms with Gasteiger partial charge in [-0.25, -0.2) is 13.8 Å². The van der Waals surface area contributed by atoms with Crippen molar-refractivity contribution < 1.29 is 18.7 Å². The Morgan fingerprint density at radius 1 is 1.16 bits per heavy atom. The number of hydrogen-bond acceptors (Lipinski definition) is 5. The first kappa shape index (κ1) is 27.7. The van der Waals surface area contributed by atoms with E-state index < -0.39 is 23.8 Å². The van der Waals surface area contributed by atoms with Gasteiger partial charge in [-0.1, -0.05) is 38.1 Å². The van der Waals surface area contributed by atoms with Crippen LogP contribution in [0.3, 0.4) is 0 Å². The smallest absolute Gasteiger partial charge is 0.217 e. The summed E-state index contributed by atoms with van der Waals surface area (Å²) in [5.41, 5.74) is 3.58. The van der Waals surface area contributed by atoms with Gasteiger partial charge >= 0.3 is 0 Å². The van der Waals surface area contributed by atoms with E-state index in [1.807, 2.05) is 18.2 Å². The molecule has 3 N–H and O–H groups in total. The Balaban J connectivity index is 1.67. The first-order valence-corrected chi connectivity index (χ1v) is 13.1. The average molecular weight is 523 g/mol. The summed E-state index contributed by atoms with van der Waals surface area (Å²) in [6.45, 7) is 7.44. The monoisotopic (exact) mass is 522 g/mol. The van der Waals surface area contributed by atoms with Crippen LogP contribution in [0.5, 0.6) is 0 Å². The van der Waals surface area contributed by atoms with Crippen LogP contribution >= 0.6 is 0 Å². The third-order valence-electron chi connectivity index (χ3n) is 7.01. The third kappa shape index (κ3) is 6.94. The van der Waals surface area contributed by atoms with Crippen LogP contribution < -0.4 is 15.5 Å². The zero-order chi connectivity index (χ0) is 27.2. The number of carbonyl (C=O) groups is 1. The molecule has 202 valence electrons. The summed E-state index contributed by atoms with van der Waals surface area (Å²) >= 11 is 0. The van der Waals surface area contributed by atoms with Gasteiger partial charge in [0.15, 0.2) is 0 Å². The molecule has 1 aliphatic rings. The summed E-state index contributed by atoms with van der Waals surface area (Å²) in [7, 11) is 0. The molecule has 3 atom stereocenters. The predicted molar refractivity (Wildman–Crippen MR) is 146 cm³/mol. The number of rotatable bonds is 10. The third-order valence-corrected chi connectivity index (χ3v) is 7.01. The minimum atomic E-state index is -1.03. The Morgan fingerprint density at radius 3 is 2.58 bits per heavy atom. The Kier molecular flexibility index (Phi) is 9.07. The van der Waals surface area contributed by atoms with Crippen LogP contribution in [0.15, 0.2) is 60.8 Å². The largest absolute Gasteiger partial charge is 0.389 e. The zero-order valence-corrected chi connectivity index (χ0v) is 22.1. The van der Waals surface area contributed by atoms with Gasteiger partial charge in [-0.15, -0.1) is 0 Å². The minimum Gasteiger partial charge on any atom is -0.389 e. The molecule has 1 fully saturated rings. The predicted octanol–water partition coefficient (Wildman–Crippen LogP) is 4.43. The second-order valence-corrected chi connectivity index (χ2v) is 10.3. The van der Waals surface area contributed by atoms with Crippen LogP contribution in [-0.2, 0) is 11.2 Å². The Hall–Kier alpha value is -3.36. The summed E-state index contributed by atoms with van der Waals surface area (Å²) in [6, 6.07) is 14.9. The highest BCUT2D eigenvalue weighted by molar-refractivity contribution is 5.77. The van der Waals surface area contributed by atoms with Crippen LogP contribution in [0, 0.1) is 11.6 Å². The van der Waals surface area contributed by atoms with Crippen molar-refractivity contribution >= 4 is 11.7 Å². The van der Waals surface area contributed by atoms with Gasteiger partial charge in [0, 0.05) is 43.9 Å². The Bertz CT molecular complexity index is 1230. The van der Waals surface area contributed by atoms with Crippen molar-refractivity contribution in [2.45, 2.75) is 57.7 Å². The molecular weight excluding hydrogens is 486 g/mol. The van der Waals surface area contributed by atoms with E-state index in [2.05, 4.69) is 47.6 Å². The van der Waals surface area contributed by atoms with Crippen molar-refractivity contribution in [2.24, 2.45) is 0 Å². The van der Waals surface area contributed by atoms with Crippen molar-refractivity contribution in [3.05, 3.63) is 83.6 Å². The maximum atomic E-state index is 13.8. The molecule has 2 aromatic carbocycles. The number of aliphatic hydroxyl groups is 1. The molecule has 6 nitrogen and oxygen atoms in total. The molecule has 2 heterocycles. The first-order valence-electron chi connectivity index (χ1n) is 13.1. The maximum Gasteiger partial charge on any atom is 0.217 e. The van der Waals surface area contributed by atoms with Gasteiger partial charge in [-0.2, -0.15) is 0 Å². The van der Waals surface area contributed by atoms with Crippen LogP contribution in [-0.4, -0.2) is 53.8 Å². The van der Waals surface area contributed by atoms with Gasteiger partial charge in [0.05, 0.1) is 12.1 Å². The number of benzene rings is 2. The normalized spacial score (nSPS) is 16.9. The van der Waals surface area contributed by atoms with Gasteiger partial charge in [0.1, 0.15) is 17.5 Å². The van der Waals surface area contributed by atoms with Crippen molar-refractivity contribution in [1.82, 2.24) is 15.6 Å². The molecule has 3 aromatic rings. The molecule has 1 saturated heterocycles. The van der Waals surface area contributed by atoms with Crippen LogP contribution in [0.25, 0.3) is 11.1 Å². The fourth-order valence-electron chi connectivity index (χ4n) is 5.09. The standard InChI is InChI=1S/C30H36F2N4O2/c1-19(2)22-6-4-7-23(15-22)27-8-5-10-34-30(27)36(26-9-11-33-17-26)18-29(38)28(35-20(3)37)14-21-12-24(31)16-25(32)13-21/h4-8,10,12-13,15-16,19,26,28-29,33,38H,9,11,14,17-18H2,1-3H3,(H,35,37)/t26?,28-,29-/m0/s1. The second kappa shape index (κ2) is 12.5. The number of nitrogens with one attached hydrogen (secondary N) is 2. The van der Waals surface area contributed by atoms with E-state index in [1.54, 1.807) is 6.20 Å². The maximum absolute atomic E-state index is 13.8. The number of pyridine rings is 1. The lowest BCUT2D eigenvalue weighted by atomic mass is 9.96. The fraction of sp³-hybridized carbons (Fsp3) is 0.400. The van der Waals surface area contributed by atoms with Crippen molar-refractivity contribution in [1.29, 1.82) is 0 Å². The second-order valence-electron chi connectivity index (χ2n) is 10.3. The molecule has 1 aromatic heterocycles. The molecule has 1 unspecified atom stereocenters. The molecule has 38 heavy (non-hydrogen) atoms. The molecule has 0 radical (unpaired) electrons. The minimum absolute atomic E-state index is 0.0798. The number of carbonyl (C=O) groups excluding carboxylic acids is 1. The van der Waals surface area contributed by atoms with Gasteiger partial charge in [0.2, 0.25) is 5.91 Å². The molecule has 0 spiro atoms. The van der Waals surface area contributed by atoms with E-state index >= 15 is 0 Å². The summed E-state index contributed by atoms with van der Waals surface area (Å²) in [5.74, 6) is -0.602. The van der Waals surface area contributed by atoms with Gasteiger partial charge < -0.3 is 20.6 Å². The molecule has 4 rings (SSSR count). The molecular formula is C30H36F2N4O2. The number of halogens is 2. The fourth-order valence-corrected chi connectivity index (χ4v) is 5.09. The number of hydrogen-bond donors (Lipinski definition) is 3. The molecule has 0 bridgehead atoms. The van der Waals surface area contributed by atoms with Crippen LogP contribution in [0.1, 0.15) is 44.2 Å². The molecule has 1 aliphatic heterocycles. The van der Waals surface area contributed by atoms with Gasteiger partial charge in [0.25, 0.3) is 0 Å². The number of nitrogens with zero attached hydrogens (tertiary/aromatic N) is 2. The lowest BCUT2D eigenvalue weighted by Gasteiger charge is -2.35. The average Bonchev–Trinajstić information content (AvgIpc) is 3.41. The lowest BCUT2D eigenvalue weighted by Crippen LogP contribution is -2.51. The summed E-state index contributed by atoms with van der Waals surface area (Å²) < 4.78 is 27.7. The van der Waals surface area contributed by atoms with E-state index in [4.69, 9.17) is 4.98 Å². The molecule has 8 heteroatoms. The number of amides is 1. The van der Waals surface area contributed by atoms with Crippen molar-refractivity contribution in [3.8, 4) is 11.1 Å². The van der Waals surface area contributed by atoms with Crippen LogP contribution in [0.2, 0.25) is 0 Å². The lowest BCUT2D eigenvalue weighted by molar-refractivity contribution is -0.120. The van der Waals surface area contributed by atoms with Gasteiger partial charge in [-0.05, 0) is 66.3 Å². The van der Waals surface area contributed by atoms with E-state index in [0.717, 1.165) is 42.5 Å². The number of aromatic nitrogens is 1. The quantitative estimate of drug-likeness (QED) is 0.367. The van der Waals surface area contributed by atoms with Crippen LogP contribution in [0.4, 0.5) is 14.6 Å². The molecule has 1 amide bonds. The zero-order valence-electron chi connectivity index (χ0n) is 22.1. The van der Waals surface area contributed by atoms with Crippen molar-refractivity contribution in [3.63, 3.8) is 0 Å². The Morgan fingerprint density at radius 2 is 1.92 bits per heavy atom. The highest BCUT2D eigenvalue weighted by atomic mass is 19.1. The summed E-state index contributed by atoms with van der Waals surface area (Å²) in [5, 5.41) is 17.6. The van der Waals surface area contributed by atoms with E-state index in [0.29, 0.717) is 11.5 Å². The number of anilines is 1. The molecule has 0 aliphatic carbocycles. The SMILES string of the molecule is CC(=O)N[C@@H](Cc1cc(F)cc(F)c1)[C@@H](O)CN(c1ncccc1-c1cccc(C(C)C)c1)C1CCNC1. The first-order chi connectivity index (χ1) is 18.2. The topological polar surface area (TPSA) is 77.5 Å². The van der Waals surface area contributed by atoms with E-state index in [-0.39, 0.29) is 24.9 Å².